The second-order valence-electron chi connectivity index (χ2n) is 7.46. The number of ether oxygens (including phenoxy) is 1. The molecule has 1 saturated heterocycles. The number of aliphatic hydroxyl groups is 2. The Labute approximate surface area is 170 Å². The summed E-state index contributed by atoms with van der Waals surface area (Å²) in [5.41, 5.74) is 1.55. The number of carbonyl (C=O) groups excluding carboxylic acids is 1. The van der Waals surface area contributed by atoms with Gasteiger partial charge in [-0.3, -0.25) is 9.36 Å². The van der Waals surface area contributed by atoms with Crippen LogP contribution in [0.15, 0.2) is 12.5 Å². The van der Waals surface area contributed by atoms with Crippen molar-refractivity contribution in [2.75, 3.05) is 12.4 Å². The number of hydrogen-bond acceptors (Lipinski definition) is 10. The molecule has 13 nitrogen and oxygen atoms in total. The lowest BCUT2D eigenvalue weighted by molar-refractivity contribution is -0.137. The van der Waals surface area contributed by atoms with Crippen molar-refractivity contribution >= 4 is 22.9 Å². The molecule has 0 aromatic carbocycles. The highest BCUT2D eigenvalue weighted by molar-refractivity contribution is 5.84. The van der Waals surface area contributed by atoms with Gasteiger partial charge in [-0.15, -0.1) is 5.10 Å². The highest BCUT2D eigenvalue weighted by Gasteiger charge is 2.47. The van der Waals surface area contributed by atoms with Crippen molar-refractivity contribution in [3.05, 3.63) is 18.2 Å². The minimum absolute atomic E-state index is 0.267. The molecular formula is C17H21N9O4. The van der Waals surface area contributed by atoms with Gasteiger partial charge < -0.3 is 25.6 Å². The highest BCUT2D eigenvalue weighted by atomic mass is 16.6. The van der Waals surface area contributed by atoms with E-state index in [-0.39, 0.29) is 5.95 Å². The Kier molecular flexibility index (Phi) is 4.38. The predicted molar refractivity (Wildman–Crippen MR) is 102 cm³/mol. The molecule has 0 radical (unpaired) electrons. The second-order valence-corrected chi connectivity index (χ2v) is 7.46. The number of anilines is 1. The fourth-order valence-corrected chi connectivity index (χ4v) is 3.41. The zero-order valence-corrected chi connectivity index (χ0v) is 16.3. The van der Waals surface area contributed by atoms with E-state index in [9.17, 15) is 15.0 Å². The van der Waals surface area contributed by atoms with Gasteiger partial charge >= 0.3 is 0 Å². The van der Waals surface area contributed by atoms with Crippen molar-refractivity contribution in [1.29, 1.82) is 0 Å². The van der Waals surface area contributed by atoms with Crippen molar-refractivity contribution < 1.29 is 19.7 Å². The zero-order chi connectivity index (χ0) is 21.0. The van der Waals surface area contributed by atoms with Gasteiger partial charge in [-0.05, 0) is 19.8 Å². The second kappa shape index (κ2) is 6.97. The van der Waals surface area contributed by atoms with Crippen molar-refractivity contribution in [1.82, 2.24) is 39.8 Å². The molecule has 1 aliphatic carbocycles. The largest absolute Gasteiger partial charge is 0.387 e. The van der Waals surface area contributed by atoms with E-state index in [1.807, 2.05) is 0 Å². The molecule has 3 aromatic heterocycles. The van der Waals surface area contributed by atoms with E-state index in [1.54, 1.807) is 13.1 Å². The molecule has 4 heterocycles. The van der Waals surface area contributed by atoms with Crippen molar-refractivity contribution in [2.24, 2.45) is 0 Å². The monoisotopic (exact) mass is 415 g/mol. The third-order valence-electron chi connectivity index (χ3n) is 5.16. The van der Waals surface area contributed by atoms with Gasteiger partial charge in [0.2, 0.25) is 0 Å². The zero-order valence-electron chi connectivity index (χ0n) is 16.3. The van der Waals surface area contributed by atoms with Gasteiger partial charge in [0.1, 0.15) is 12.2 Å². The van der Waals surface area contributed by atoms with Gasteiger partial charge in [-0.25, -0.2) is 4.98 Å². The number of aryl methyl sites for hydroxylation is 1. The van der Waals surface area contributed by atoms with Crippen LogP contribution in [0.1, 0.15) is 24.8 Å². The van der Waals surface area contributed by atoms with E-state index in [1.165, 1.54) is 22.6 Å². The molecule has 0 spiro atoms. The number of nitrogens with one attached hydrogen (secondary N) is 2. The maximum absolute atomic E-state index is 12.0. The van der Waals surface area contributed by atoms with Crippen LogP contribution in [0.4, 0.5) is 5.82 Å². The number of rotatable bonds is 5. The van der Waals surface area contributed by atoms with E-state index in [4.69, 9.17) is 4.74 Å². The number of aromatic nitrogens is 7. The average molecular weight is 415 g/mol. The van der Waals surface area contributed by atoms with Crippen molar-refractivity contribution in [3.8, 4) is 5.95 Å². The first-order valence-corrected chi connectivity index (χ1v) is 9.60. The third-order valence-corrected chi connectivity index (χ3v) is 5.16. The Morgan fingerprint density at radius 2 is 2.07 bits per heavy atom. The summed E-state index contributed by atoms with van der Waals surface area (Å²) in [6.45, 7) is 1.80. The summed E-state index contributed by atoms with van der Waals surface area (Å²) >= 11 is 0. The number of aliphatic hydroxyl groups excluding tert-OH is 2. The topological polar surface area (TPSA) is 165 Å². The number of hydrogen-bond donors (Lipinski definition) is 4. The van der Waals surface area contributed by atoms with Crippen LogP contribution in [-0.4, -0.2) is 82.0 Å². The smallest absolute Gasteiger partial charge is 0.256 e. The maximum Gasteiger partial charge on any atom is 0.256 e. The molecule has 1 amide bonds. The lowest BCUT2D eigenvalue weighted by atomic mass is 10.1. The van der Waals surface area contributed by atoms with Crippen LogP contribution in [0.3, 0.4) is 0 Å². The molecule has 0 unspecified atom stereocenters. The molecule has 3 aromatic rings. The first-order chi connectivity index (χ1) is 14.5. The maximum atomic E-state index is 12.0. The summed E-state index contributed by atoms with van der Waals surface area (Å²) in [5, 5.41) is 34.6. The molecule has 1 aliphatic heterocycles. The van der Waals surface area contributed by atoms with Gasteiger partial charge in [-0.1, -0.05) is 5.21 Å². The van der Waals surface area contributed by atoms with E-state index >= 15 is 0 Å². The third kappa shape index (κ3) is 3.07. The summed E-state index contributed by atoms with van der Waals surface area (Å²) in [5.74, 6) is 0.266. The van der Waals surface area contributed by atoms with E-state index in [0.29, 0.717) is 28.7 Å². The average Bonchev–Trinajstić information content (AvgIpc) is 3.15. The summed E-state index contributed by atoms with van der Waals surface area (Å²) < 4.78 is 8.60. The summed E-state index contributed by atoms with van der Waals surface area (Å²) in [4.78, 5) is 25.5. The Hall–Kier alpha value is -3.16. The van der Waals surface area contributed by atoms with E-state index in [2.05, 4.69) is 35.9 Å². The van der Waals surface area contributed by atoms with Crippen molar-refractivity contribution in [2.45, 2.75) is 50.3 Å². The highest BCUT2D eigenvalue weighted by Crippen LogP contribution is 2.34. The van der Waals surface area contributed by atoms with Crippen LogP contribution in [0.5, 0.6) is 0 Å². The summed E-state index contributed by atoms with van der Waals surface area (Å²) in [7, 11) is 1.43. The normalized spacial score (nSPS) is 26.3. The molecule has 2 aliphatic rings. The number of likely N-dealkylation sites (N-methyl/N-ethyl adjacent to an activating group) is 1. The molecule has 0 bridgehead atoms. The molecule has 4 atom stereocenters. The van der Waals surface area contributed by atoms with E-state index in [0.717, 1.165) is 12.8 Å². The lowest BCUT2D eigenvalue weighted by Gasteiger charge is -2.17. The van der Waals surface area contributed by atoms with Crippen LogP contribution in [0.2, 0.25) is 0 Å². The fourth-order valence-electron chi connectivity index (χ4n) is 3.41. The van der Waals surface area contributed by atoms with Crippen LogP contribution in [0, 0.1) is 6.92 Å². The number of carbonyl (C=O) groups is 1. The van der Waals surface area contributed by atoms with Crippen LogP contribution < -0.4 is 10.6 Å². The van der Waals surface area contributed by atoms with E-state index < -0.39 is 30.4 Å². The number of fused-ring (bicyclic) bond motifs is 1. The number of nitrogens with zero attached hydrogens (tertiary/aromatic N) is 7. The van der Waals surface area contributed by atoms with Crippen molar-refractivity contribution in [3.63, 3.8) is 0 Å². The molecule has 158 valence electrons. The molecule has 4 N–H and O–H groups in total. The van der Waals surface area contributed by atoms with Crippen LogP contribution >= 0.6 is 0 Å². The van der Waals surface area contributed by atoms with Gasteiger partial charge in [0.05, 0.1) is 18.2 Å². The Morgan fingerprint density at radius 1 is 1.27 bits per heavy atom. The molecule has 2 fully saturated rings. The standard InChI is InChI=1S/C17H21N9O4/c1-7-5-26(24-23-7)17-21-13(20-8-3-4-8)9-14(22-17)25(6-19-9)16-11(28)10(27)12(30-16)15(29)18-2/h5-6,8,10-12,16,27-28H,3-4H2,1-2H3,(H,18,29)(H,20,21,22)/t10-,11+,12-,16+/m0/s1. The summed E-state index contributed by atoms with van der Waals surface area (Å²) in [6.07, 6.45) is 0.197. The predicted octanol–water partition coefficient (Wildman–Crippen LogP) is -1.35. The van der Waals surface area contributed by atoms with Gasteiger partial charge in [0, 0.05) is 13.1 Å². The Balaban J connectivity index is 1.60. The first-order valence-electron chi connectivity index (χ1n) is 9.60. The molecular weight excluding hydrogens is 394 g/mol. The lowest BCUT2D eigenvalue weighted by Crippen LogP contribution is -2.41. The molecule has 1 saturated carbocycles. The molecule has 30 heavy (non-hydrogen) atoms. The SMILES string of the molecule is CNC(=O)[C@H]1O[C@@H](n2cnc3c(NC4CC4)nc(-n4cc(C)nn4)nc32)[C@H](O)[C@@H]1O. The van der Waals surface area contributed by atoms with Crippen LogP contribution in [0.25, 0.3) is 17.1 Å². The quantitative estimate of drug-likeness (QED) is 0.392. The number of amides is 1. The van der Waals surface area contributed by atoms with Crippen LogP contribution in [-0.2, 0) is 9.53 Å². The van der Waals surface area contributed by atoms with Gasteiger partial charge in [0.25, 0.3) is 11.9 Å². The van der Waals surface area contributed by atoms with Gasteiger partial charge in [0.15, 0.2) is 29.3 Å². The molecule has 5 rings (SSSR count). The fraction of sp³-hybridized carbons (Fsp3) is 0.529. The Bertz CT molecular complexity index is 1110. The first kappa shape index (κ1) is 18.8. The van der Waals surface area contributed by atoms with Gasteiger partial charge in [-0.2, -0.15) is 14.6 Å². The Morgan fingerprint density at radius 3 is 2.73 bits per heavy atom. The minimum Gasteiger partial charge on any atom is -0.387 e. The summed E-state index contributed by atoms with van der Waals surface area (Å²) in [6, 6.07) is 0.311. The minimum atomic E-state index is -1.39. The molecule has 13 heteroatoms. The number of imidazole rings is 1.